The summed E-state index contributed by atoms with van der Waals surface area (Å²) in [4.78, 5) is 16.2. The minimum absolute atomic E-state index is 0.178. The Kier molecular flexibility index (Phi) is 5.74. The van der Waals surface area contributed by atoms with Crippen molar-refractivity contribution in [1.82, 2.24) is 9.80 Å². The molecule has 2 aliphatic heterocycles. The SMILES string of the molecule is CC(=O)N1CCC[C@@H]1[C@@H]1CCCN1C[C@H](O)COc1ccccc1. The number of ether oxygens (including phenoxy) is 1. The van der Waals surface area contributed by atoms with Gasteiger partial charge in [0.15, 0.2) is 0 Å². The van der Waals surface area contributed by atoms with Crippen LogP contribution in [0.1, 0.15) is 32.6 Å². The van der Waals surface area contributed by atoms with E-state index in [-0.39, 0.29) is 5.91 Å². The molecule has 1 N–H and O–H groups in total. The molecule has 132 valence electrons. The lowest BCUT2D eigenvalue weighted by molar-refractivity contribution is -0.130. The molecule has 2 aliphatic rings. The van der Waals surface area contributed by atoms with Crippen LogP contribution < -0.4 is 4.74 Å². The van der Waals surface area contributed by atoms with Gasteiger partial charge in [-0.2, -0.15) is 0 Å². The highest BCUT2D eigenvalue weighted by Gasteiger charge is 2.39. The van der Waals surface area contributed by atoms with Gasteiger partial charge in [0, 0.05) is 32.1 Å². The number of aliphatic hydroxyl groups excluding tert-OH is 1. The van der Waals surface area contributed by atoms with Crippen molar-refractivity contribution >= 4 is 5.91 Å². The van der Waals surface area contributed by atoms with E-state index in [9.17, 15) is 9.90 Å². The average molecular weight is 332 g/mol. The summed E-state index contributed by atoms with van der Waals surface area (Å²) in [5.41, 5.74) is 0. The molecular weight excluding hydrogens is 304 g/mol. The van der Waals surface area contributed by atoms with Crippen molar-refractivity contribution in [3.8, 4) is 5.75 Å². The Morgan fingerprint density at radius 3 is 2.67 bits per heavy atom. The lowest BCUT2D eigenvalue weighted by atomic mass is 10.0. The van der Waals surface area contributed by atoms with Gasteiger partial charge in [-0.1, -0.05) is 18.2 Å². The number of hydrogen-bond donors (Lipinski definition) is 1. The van der Waals surface area contributed by atoms with E-state index >= 15 is 0 Å². The molecule has 0 bridgehead atoms. The first-order valence-electron chi connectivity index (χ1n) is 9.02. The molecule has 0 aromatic heterocycles. The number of amides is 1. The van der Waals surface area contributed by atoms with Gasteiger partial charge >= 0.3 is 0 Å². The fourth-order valence-electron chi connectivity index (χ4n) is 4.13. The number of aliphatic hydroxyl groups is 1. The van der Waals surface area contributed by atoms with Crippen molar-refractivity contribution in [3.63, 3.8) is 0 Å². The highest BCUT2D eigenvalue weighted by molar-refractivity contribution is 5.74. The second-order valence-electron chi connectivity index (χ2n) is 6.90. The van der Waals surface area contributed by atoms with Crippen molar-refractivity contribution in [2.45, 2.75) is 50.8 Å². The normalized spacial score (nSPS) is 25.8. The van der Waals surface area contributed by atoms with Crippen LogP contribution in [-0.2, 0) is 4.79 Å². The molecule has 1 amide bonds. The van der Waals surface area contributed by atoms with E-state index in [1.807, 2.05) is 35.2 Å². The first kappa shape index (κ1) is 17.2. The highest BCUT2D eigenvalue weighted by Crippen LogP contribution is 2.30. The summed E-state index contributed by atoms with van der Waals surface area (Å²) in [6, 6.07) is 10.3. The quantitative estimate of drug-likeness (QED) is 0.864. The zero-order valence-corrected chi connectivity index (χ0v) is 14.4. The van der Waals surface area contributed by atoms with Crippen LogP contribution in [0.25, 0.3) is 0 Å². The van der Waals surface area contributed by atoms with Gasteiger partial charge in [0.1, 0.15) is 18.5 Å². The molecule has 1 aromatic carbocycles. The van der Waals surface area contributed by atoms with E-state index < -0.39 is 6.10 Å². The number of para-hydroxylation sites is 1. The summed E-state index contributed by atoms with van der Waals surface area (Å²) in [6.07, 6.45) is 3.91. The van der Waals surface area contributed by atoms with Gasteiger partial charge in [0.2, 0.25) is 5.91 Å². The van der Waals surface area contributed by atoms with Crippen LogP contribution in [0.3, 0.4) is 0 Å². The van der Waals surface area contributed by atoms with Crippen LogP contribution in [0, 0.1) is 0 Å². The van der Waals surface area contributed by atoms with Crippen LogP contribution in [0.4, 0.5) is 0 Å². The van der Waals surface area contributed by atoms with E-state index in [1.54, 1.807) is 6.92 Å². The molecule has 0 aliphatic carbocycles. The van der Waals surface area contributed by atoms with Gasteiger partial charge in [-0.05, 0) is 44.4 Å². The number of benzene rings is 1. The minimum atomic E-state index is -0.516. The Balaban J connectivity index is 1.52. The maximum Gasteiger partial charge on any atom is 0.219 e. The lowest BCUT2D eigenvalue weighted by Crippen LogP contribution is -2.49. The Morgan fingerprint density at radius 2 is 1.92 bits per heavy atom. The third-order valence-electron chi connectivity index (χ3n) is 5.19. The number of carbonyl (C=O) groups is 1. The molecule has 24 heavy (non-hydrogen) atoms. The van der Waals surface area contributed by atoms with Crippen LogP contribution >= 0.6 is 0 Å². The summed E-state index contributed by atoms with van der Waals surface area (Å²) in [7, 11) is 0. The Hall–Kier alpha value is -1.59. The third kappa shape index (κ3) is 4.08. The molecule has 0 radical (unpaired) electrons. The number of hydrogen-bond acceptors (Lipinski definition) is 4. The van der Waals surface area contributed by atoms with Crippen LogP contribution in [0.2, 0.25) is 0 Å². The van der Waals surface area contributed by atoms with Gasteiger partial charge < -0.3 is 14.7 Å². The van der Waals surface area contributed by atoms with E-state index in [1.165, 1.54) is 0 Å². The third-order valence-corrected chi connectivity index (χ3v) is 5.19. The summed E-state index contributed by atoms with van der Waals surface area (Å²) < 4.78 is 5.66. The molecule has 3 atom stereocenters. The van der Waals surface area contributed by atoms with E-state index in [2.05, 4.69) is 4.90 Å². The number of rotatable bonds is 6. The Labute approximate surface area is 144 Å². The summed E-state index contributed by atoms with van der Waals surface area (Å²) in [5.74, 6) is 0.963. The molecule has 2 fully saturated rings. The van der Waals surface area contributed by atoms with Gasteiger partial charge in [-0.25, -0.2) is 0 Å². The first-order chi connectivity index (χ1) is 11.6. The van der Waals surface area contributed by atoms with Crippen molar-refractivity contribution in [1.29, 1.82) is 0 Å². The molecule has 1 aromatic rings. The number of carbonyl (C=O) groups excluding carboxylic acids is 1. The first-order valence-corrected chi connectivity index (χ1v) is 9.02. The highest BCUT2D eigenvalue weighted by atomic mass is 16.5. The van der Waals surface area contributed by atoms with Crippen LogP contribution in [-0.4, -0.2) is 65.2 Å². The molecule has 3 rings (SSSR count). The summed E-state index contributed by atoms with van der Waals surface area (Å²) in [6.45, 7) is 4.45. The predicted octanol–water partition coefficient (Wildman–Crippen LogP) is 1.90. The second-order valence-corrected chi connectivity index (χ2v) is 6.90. The van der Waals surface area contributed by atoms with E-state index in [4.69, 9.17) is 4.74 Å². The van der Waals surface area contributed by atoms with Crippen LogP contribution in [0.5, 0.6) is 5.75 Å². The van der Waals surface area contributed by atoms with Crippen molar-refractivity contribution in [2.75, 3.05) is 26.2 Å². The molecule has 0 spiro atoms. The summed E-state index contributed by atoms with van der Waals surface area (Å²) in [5, 5.41) is 10.4. The molecule has 0 unspecified atom stereocenters. The fourth-order valence-corrected chi connectivity index (χ4v) is 4.13. The molecule has 5 heteroatoms. The van der Waals surface area contributed by atoms with Crippen LogP contribution in [0.15, 0.2) is 30.3 Å². The standard InChI is InChI=1S/C19H28N2O3/c1-15(22)21-12-6-10-19(21)18-9-5-11-20(18)13-16(23)14-24-17-7-3-2-4-8-17/h2-4,7-8,16,18-19,23H,5-6,9-14H2,1H3/t16-,18-,19+/m0/s1. The summed E-state index contributed by atoms with van der Waals surface area (Å²) >= 11 is 0. The maximum atomic E-state index is 11.8. The lowest BCUT2D eigenvalue weighted by Gasteiger charge is -2.35. The Bertz CT molecular complexity index is 537. The minimum Gasteiger partial charge on any atom is -0.491 e. The van der Waals surface area contributed by atoms with E-state index in [0.29, 0.717) is 25.2 Å². The molecule has 2 saturated heterocycles. The Morgan fingerprint density at radius 1 is 1.21 bits per heavy atom. The predicted molar refractivity (Wildman–Crippen MR) is 92.9 cm³/mol. The smallest absolute Gasteiger partial charge is 0.219 e. The molecule has 0 saturated carbocycles. The maximum absolute atomic E-state index is 11.8. The number of nitrogens with zero attached hydrogens (tertiary/aromatic N) is 2. The van der Waals surface area contributed by atoms with Gasteiger partial charge in [0.25, 0.3) is 0 Å². The van der Waals surface area contributed by atoms with Crippen molar-refractivity contribution in [3.05, 3.63) is 30.3 Å². The van der Waals surface area contributed by atoms with Crippen molar-refractivity contribution < 1.29 is 14.6 Å². The van der Waals surface area contributed by atoms with Crippen molar-refractivity contribution in [2.24, 2.45) is 0 Å². The zero-order valence-electron chi connectivity index (χ0n) is 14.4. The van der Waals surface area contributed by atoms with E-state index in [0.717, 1.165) is 44.5 Å². The second kappa shape index (κ2) is 7.99. The monoisotopic (exact) mass is 332 g/mol. The van der Waals surface area contributed by atoms with Gasteiger partial charge in [-0.15, -0.1) is 0 Å². The number of likely N-dealkylation sites (tertiary alicyclic amines) is 2. The number of β-amino-alcohol motifs (C(OH)–C–C–N with tert-alkyl or cyclic N) is 1. The van der Waals surface area contributed by atoms with Gasteiger partial charge in [-0.3, -0.25) is 9.69 Å². The molecule has 2 heterocycles. The zero-order chi connectivity index (χ0) is 16.9. The molecule has 5 nitrogen and oxygen atoms in total. The molecular formula is C19H28N2O3. The van der Waals surface area contributed by atoms with Gasteiger partial charge in [0.05, 0.1) is 0 Å². The average Bonchev–Trinajstić information content (AvgIpc) is 3.22. The largest absolute Gasteiger partial charge is 0.491 e. The topological polar surface area (TPSA) is 53.0 Å². The fraction of sp³-hybridized carbons (Fsp3) is 0.632.